The minimum absolute atomic E-state index is 0.0294. The van der Waals surface area contributed by atoms with Crippen LogP contribution in [-0.2, 0) is 26.0 Å². The molecule has 3 aromatic carbocycles. The van der Waals surface area contributed by atoms with Crippen LogP contribution in [0.3, 0.4) is 0 Å². The fourth-order valence-electron chi connectivity index (χ4n) is 5.33. The van der Waals surface area contributed by atoms with Crippen molar-refractivity contribution in [2.24, 2.45) is 0 Å². The second kappa shape index (κ2) is 14.9. The van der Waals surface area contributed by atoms with Gasteiger partial charge in [0.2, 0.25) is 11.8 Å². The van der Waals surface area contributed by atoms with Crippen molar-refractivity contribution in [2.75, 3.05) is 17.4 Å². The van der Waals surface area contributed by atoms with Gasteiger partial charge in [0.25, 0.3) is 10.0 Å². The van der Waals surface area contributed by atoms with E-state index in [9.17, 15) is 18.0 Å². The van der Waals surface area contributed by atoms with Crippen molar-refractivity contribution in [3.05, 3.63) is 94.5 Å². The van der Waals surface area contributed by atoms with Gasteiger partial charge in [-0.3, -0.25) is 13.9 Å². The summed E-state index contributed by atoms with van der Waals surface area (Å²) in [7, 11) is -4.17. The number of rotatable bonds is 12. The highest BCUT2D eigenvalue weighted by atomic mass is 35.5. The van der Waals surface area contributed by atoms with Gasteiger partial charge in [0.05, 0.1) is 20.6 Å². The molecule has 1 atom stereocenters. The third kappa shape index (κ3) is 8.06. The van der Waals surface area contributed by atoms with Crippen LogP contribution in [0, 0.1) is 0 Å². The maximum atomic E-state index is 14.2. The second-order valence-electron chi connectivity index (χ2n) is 10.5. The van der Waals surface area contributed by atoms with E-state index in [-0.39, 0.29) is 39.1 Å². The van der Waals surface area contributed by atoms with Crippen LogP contribution >= 0.6 is 23.2 Å². The van der Waals surface area contributed by atoms with Crippen LogP contribution in [0.4, 0.5) is 5.69 Å². The first-order valence-electron chi connectivity index (χ1n) is 14.4. The van der Waals surface area contributed by atoms with E-state index in [1.54, 1.807) is 18.2 Å². The average molecular weight is 631 g/mol. The number of anilines is 1. The summed E-state index contributed by atoms with van der Waals surface area (Å²) in [5, 5.41) is 3.59. The number of carbonyl (C=O) groups is 2. The van der Waals surface area contributed by atoms with Gasteiger partial charge in [-0.2, -0.15) is 0 Å². The number of nitrogens with one attached hydrogen (secondary N) is 1. The molecule has 0 heterocycles. The molecular formula is C32H37Cl2N3O4S. The lowest BCUT2D eigenvalue weighted by molar-refractivity contribution is -0.140. The second-order valence-corrected chi connectivity index (χ2v) is 13.2. The smallest absolute Gasteiger partial charge is 0.264 e. The van der Waals surface area contributed by atoms with E-state index in [1.165, 1.54) is 35.2 Å². The van der Waals surface area contributed by atoms with Crippen LogP contribution in [0.2, 0.25) is 10.0 Å². The Labute approximate surface area is 258 Å². The van der Waals surface area contributed by atoms with Crippen LogP contribution in [0.15, 0.2) is 83.8 Å². The summed E-state index contributed by atoms with van der Waals surface area (Å²) >= 11 is 12.4. The van der Waals surface area contributed by atoms with Gasteiger partial charge >= 0.3 is 0 Å². The Bertz CT molecular complexity index is 1450. The van der Waals surface area contributed by atoms with Crippen molar-refractivity contribution in [1.82, 2.24) is 10.2 Å². The molecule has 4 rings (SSSR count). The molecule has 0 aromatic heterocycles. The van der Waals surface area contributed by atoms with E-state index in [2.05, 4.69) is 5.32 Å². The Morgan fingerprint density at radius 1 is 0.905 bits per heavy atom. The van der Waals surface area contributed by atoms with Crippen molar-refractivity contribution in [3.63, 3.8) is 0 Å². The highest BCUT2D eigenvalue weighted by molar-refractivity contribution is 7.92. The molecule has 7 nitrogen and oxygen atoms in total. The molecule has 1 N–H and O–H groups in total. The van der Waals surface area contributed by atoms with Crippen molar-refractivity contribution in [1.29, 1.82) is 0 Å². The Hall–Kier alpha value is -3.07. The quantitative estimate of drug-likeness (QED) is 0.248. The molecule has 0 aliphatic heterocycles. The Morgan fingerprint density at radius 3 is 2.17 bits per heavy atom. The predicted molar refractivity (Wildman–Crippen MR) is 168 cm³/mol. The Kier molecular flexibility index (Phi) is 11.3. The van der Waals surface area contributed by atoms with E-state index < -0.39 is 28.5 Å². The molecule has 42 heavy (non-hydrogen) atoms. The number of carbonyl (C=O) groups excluding carboxylic acids is 2. The molecule has 0 saturated heterocycles. The van der Waals surface area contributed by atoms with E-state index in [1.807, 2.05) is 37.3 Å². The molecule has 0 radical (unpaired) electrons. The van der Waals surface area contributed by atoms with Crippen LogP contribution < -0.4 is 9.62 Å². The highest BCUT2D eigenvalue weighted by Crippen LogP contribution is 2.31. The first-order chi connectivity index (χ1) is 20.2. The topological polar surface area (TPSA) is 86.8 Å². The van der Waals surface area contributed by atoms with Crippen LogP contribution in [0.25, 0.3) is 0 Å². The summed E-state index contributed by atoms with van der Waals surface area (Å²) in [5.41, 5.74) is 1.21. The fourth-order valence-corrected chi connectivity index (χ4v) is 7.05. The molecule has 1 unspecified atom stereocenters. The first kappa shape index (κ1) is 31.9. The molecule has 10 heteroatoms. The van der Waals surface area contributed by atoms with E-state index >= 15 is 0 Å². The predicted octanol–water partition coefficient (Wildman–Crippen LogP) is 6.49. The Morgan fingerprint density at radius 2 is 1.55 bits per heavy atom. The van der Waals surface area contributed by atoms with Gasteiger partial charge < -0.3 is 10.2 Å². The van der Waals surface area contributed by atoms with Gasteiger partial charge in [-0.05, 0) is 61.6 Å². The third-order valence-electron chi connectivity index (χ3n) is 7.62. The lowest BCUT2D eigenvalue weighted by Crippen LogP contribution is -2.54. The monoisotopic (exact) mass is 629 g/mol. The standard InChI is InChI=1S/C32H37Cl2N3O4S/c1-2-30(32(39)35-25-14-8-4-9-15-25)36(21-20-24-12-6-3-7-13-24)31(38)23-37(26-18-19-28(33)29(34)22-26)42(40,41)27-16-10-5-11-17-27/h3,5-7,10-13,16-19,22,25,30H,2,4,8-9,14-15,20-21,23H2,1H3,(H,35,39). The van der Waals surface area contributed by atoms with Gasteiger partial charge in [0.1, 0.15) is 12.6 Å². The third-order valence-corrected chi connectivity index (χ3v) is 10.2. The Balaban J connectivity index is 1.67. The SMILES string of the molecule is CCC(C(=O)NC1CCCCC1)N(CCc1ccccc1)C(=O)CN(c1ccc(Cl)c(Cl)c1)S(=O)(=O)c1ccccc1. The average Bonchev–Trinajstić information content (AvgIpc) is 3.00. The number of halogens is 2. The number of benzene rings is 3. The fraction of sp³-hybridized carbons (Fsp3) is 0.375. The van der Waals surface area contributed by atoms with Crippen LogP contribution in [0.5, 0.6) is 0 Å². The van der Waals surface area contributed by atoms with Gasteiger partial charge in [-0.15, -0.1) is 0 Å². The van der Waals surface area contributed by atoms with Crippen molar-refractivity contribution < 1.29 is 18.0 Å². The van der Waals surface area contributed by atoms with Crippen LogP contribution in [0.1, 0.15) is 51.0 Å². The zero-order valence-electron chi connectivity index (χ0n) is 23.7. The van der Waals surface area contributed by atoms with Gasteiger partial charge in [-0.1, -0.05) is 97.9 Å². The molecule has 1 aliphatic carbocycles. The minimum atomic E-state index is -4.17. The lowest BCUT2D eigenvalue weighted by Gasteiger charge is -2.34. The molecule has 1 aliphatic rings. The molecule has 3 aromatic rings. The maximum absolute atomic E-state index is 14.2. The molecule has 0 bridgehead atoms. The molecular weight excluding hydrogens is 593 g/mol. The summed E-state index contributed by atoms with van der Waals surface area (Å²) in [6.45, 7) is 1.60. The normalized spacial score (nSPS) is 14.6. The number of hydrogen-bond donors (Lipinski definition) is 1. The molecule has 1 saturated carbocycles. The summed E-state index contributed by atoms with van der Waals surface area (Å²) in [6, 6.07) is 21.4. The highest BCUT2D eigenvalue weighted by Gasteiger charge is 2.34. The number of nitrogens with zero attached hydrogens (tertiary/aromatic N) is 2. The van der Waals surface area contributed by atoms with E-state index in [0.717, 1.165) is 42.0 Å². The number of amides is 2. The first-order valence-corrected chi connectivity index (χ1v) is 16.6. The van der Waals surface area contributed by atoms with Gasteiger partial charge in [-0.25, -0.2) is 8.42 Å². The van der Waals surface area contributed by atoms with Gasteiger partial charge in [0.15, 0.2) is 0 Å². The van der Waals surface area contributed by atoms with E-state index in [0.29, 0.717) is 12.8 Å². The zero-order valence-corrected chi connectivity index (χ0v) is 26.0. The number of sulfonamides is 1. The summed E-state index contributed by atoms with van der Waals surface area (Å²) in [4.78, 5) is 29.3. The van der Waals surface area contributed by atoms with Crippen molar-refractivity contribution >= 4 is 50.7 Å². The lowest BCUT2D eigenvalue weighted by atomic mass is 9.95. The summed E-state index contributed by atoms with van der Waals surface area (Å²) in [5.74, 6) is -0.694. The van der Waals surface area contributed by atoms with Gasteiger partial charge in [0, 0.05) is 12.6 Å². The minimum Gasteiger partial charge on any atom is -0.352 e. The number of hydrogen-bond acceptors (Lipinski definition) is 4. The summed E-state index contributed by atoms with van der Waals surface area (Å²) < 4.78 is 28.8. The maximum Gasteiger partial charge on any atom is 0.264 e. The zero-order chi connectivity index (χ0) is 30.1. The molecule has 0 spiro atoms. The molecule has 224 valence electrons. The summed E-state index contributed by atoms with van der Waals surface area (Å²) in [6.07, 6.45) is 6.02. The molecule has 2 amide bonds. The largest absolute Gasteiger partial charge is 0.352 e. The van der Waals surface area contributed by atoms with E-state index in [4.69, 9.17) is 23.2 Å². The van der Waals surface area contributed by atoms with Crippen molar-refractivity contribution in [2.45, 2.75) is 68.8 Å². The van der Waals surface area contributed by atoms with Crippen molar-refractivity contribution in [3.8, 4) is 0 Å². The molecule has 1 fully saturated rings. The van der Waals surface area contributed by atoms with Crippen LogP contribution in [-0.4, -0.2) is 50.3 Å².